The van der Waals surface area contributed by atoms with Crippen LogP contribution in [0.4, 0.5) is 4.39 Å². The van der Waals surface area contributed by atoms with Crippen LogP contribution < -0.4 is 5.32 Å². The van der Waals surface area contributed by atoms with Gasteiger partial charge in [0, 0.05) is 24.6 Å². The summed E-state index contributed by atoms with van der Waals surface area (Å²) in [5.41, 5.74) is 2.76. The zero-order chi connectivity index (χ0) is 22.9. The van der Waals surface area contributed by atoms with E-state index >= 15 is 0 Å². The van der Waals surface area contributed by atoms with Gasteiger partial charge in [0.25, 0.3) is 0 Å². The smallest absolute Gasteiger partial charge is 0.242 e. The predicted molar refractivity (Wildman–Crippen MR) is 126 cm³/mol. The van der Waals surface area contributed by atoms with E-state index in [1.165, 1.54) is 23.0 Å². The van der Waals surface area contributed by atoms with Gasteiger partial charge in [0.05, 0.1) is 0 Å². The Morgan fingerprint density at radius 1 is 1.03 bits per heavy atom. The van der Waals surface area contributed by atoms with Gasteiger partial charge in [0.2, 0.25) is 11.8 Å². The number of hydrogen-bond donors (Lipinski definition) is 1. The molecule has 0 radical (unpaired) electrons. The van der Waals surface area contributed by atoms with Crippen LogP contribution in [0.15, 0.2) is 48.5 Å². The number of nitrogens with one attached hydrogen (secondary N) is 1. The minimum atomic E-state index is -0.661. The SMILES string of the molecule is CCc1ccc(CCC(=O)N(Cc2ccccc2F)[C@H](C)C(=O)NC2CCCCC2)cc1. The van der Waals surface area contributed by atoms with Crippen molar-refractivity contribution in [3.8, 4) is 0 Å². The molecule has 0 unspecified atom stereocenters. The Labute approximate surface area is 191 Å². The van der Waals surface area contributed by atoms with Crippen molar-refractivity contribution in [1.82, 2.24) is 10.2 Å². The van der Waals surface area contributed by atoms with Gasteiger partial charge in [-0.25, -0.2) is 4.39 Å². The van der Waals surface area contributed by atoms with Gasteiger partial charge in [-0.3, -0.25) is 9.59 Å². The van der Waals surface area contributed by atoms with Crippen LogP contribution in [0.2, 0.25) is 0 Å². The summed E-state index contributed by atoms with van der Waals surface area (Å²) < 4.78 is 14.3. The van der Waals surface area contributed by atoms with Crippen molar-refractivity contribution in [2.24, 2.45) is 0 Å². The number of rotatable bonds is 9. The first-order valence-electron chi connectivity index (χ1n) is 11.9. The Balaban J connectivity index is 1.70. The van der Waals surface area contributed by atoms with Crippen molar-refractivity contribution in [3.63, 3.8) is 0 Å². The van der Waals surface area contributed by atoms with E-state index in [4.69, 9.17) is 0 Å². The normalized spacial score (nSPS) is 15.2. The molecular weight excluding hydrogens is 403 g/mol. The molecule has 5 heteroatoms. The second kappa shape index (κ2) is 11.8. The molecule has 0 aromatic heterocycles. The maximum atomic E-state index is 14.3. The molecule has 3 rings (SSSR count). The Morgan fingerprint density at radius 3 is 2.34 bits per heavy atom. The van der Waals surface area contributed by atoms with Gasteiger partial charge < -0.3 is 10.2 Å². The van der Waals surface area contributed by atoms with E-state index in [1.807, 2.05) is 12.1 Å². The first-order chi connectivity index (χ1) is 15.5. The monoisotopic (exact) mass is 438 g/mol. The van der Waals surface area contributed by atoms with E-state index in [1.54, 1.807) is 25.1 Å². The van der Waals surface area contributed by atoms with Crippen molar-refractivity contribution in [3.05, 3.63) is 71.0 Å². The molecule has 2 aromatic rings. The number of carbonyl (C=O) groups excluding carboxylic acids is 2. The van der Waals surface area contributed by atoms with Gasteiger partial charge in [-0.2, -0.15) is 0 Å². The van der Waals surface area contributed by atoms with Gasteiger partial charge in [-0.05, 0) is 49.8 Å². The van der Waals surface area contributed by atoms with Crippen LogP contribution in [0.25, 0.3) is 0 Å². The standard InChI is InChI=1S/C27H35FN2O2/c1-3-21-13-15-22(16-14-21)17-18-26(31)30(19-23-9-7-8-12-25(23)28)20(2)27(32)29-24-10-5-4-6-11-24/h7-9,12-16,20,24H,3-6,10-11,17-19H2,1-2H3,(H,29,32)/t20-/m1/s1. The molecule has 32 heavy (non-hydrogen) atoms. The third-order valence-electron chi connectivity index (χ3n) is 6.48. The largest absolute Gasteiger partial charge is 0.352 e. The number of carbonyl (C=O) groups is 2. The van der Waals surface area contributed by atoms with Crippen molar-refractivity contribution in [2.45, 2.75) is 83.8 Å². The van der Waals surface area contributed by atoms with Gasteiger partial charge in [0.15, 0.2) is 0 Å². The molecule has 1 aliphatic rings. The predicted octanol–water partition coefficient (Wildman–Crippen LogP) is 5.19. The van der Waals surface area contributed by atoms with Crippen molar-refractivity contribution >= 4 is 11.8 Å². The van der Waals surface area contributed by atoms with Gasteiger partial charge >= 0.3 is 0 Å². The molecular formula is C27H35FN2O2. The summed E-state index contributed by atoms with van der Waals surface area (Å²) in [6, 6.07) is 14.2. The minimum Gasteiger partial charge on any atom is -0.352 e. The highest BCUT2D eigenvalue weighted by Crippen LogP contribution is 2.19. The molecule has 1 fully saturated rings. The van der Waals surface area contributed by atoms with E-state index < -0.39 is 6.04 Å². The fourth-order valence-corrected chi connectivity index (χ4v) is 4.30. The Bertz CT molecular complexity index is 891. The maximum Gasteiger partial charge on any atom is 0.242 e. The number of benzene rings is 2. The lowest BCUT2D eigenvalue weighted by Gasteiger charge is -2.31. The lowest BCUT2D eigenvalue weighted by molar-refractivity contribution is -0.141. The van der Waals surface area contributed by atoms with Crippen LogP contribution in [0, 0.1) is 5.82 Å². The zero-order valence-corrected chi connectivity index (χ0v) is 19.3. The molecule has 0 bridgehead atoms. The molecule has 1 N–H and O–H groups in total. The molecule has 0 saturated heterocycles. The molecule has 0 heterocycles. The highest BCUT2D eigenvalue weighted by atomic mass is 19.1. The van der Waals surface area contributed by atoms with E-state index in [0.717, 1.165) is 37.7 Å². The summed E-state index contributed by atoms with van der Waals surface area (Å²) in [5, 5.41) is 3.11. The quantitative estimate of drug-likeness (QED) is 0.586. The number of amides is 2. The Kier molecular flexibility index (Phi) is 8.83. The average Bonchev–Trinajstić information content (AvgIpc) is 2.82. The Morgan fingerprint density at radius 2 is 1.69 bits per heavy atom. The van der Waals surface area contributed by atoms with Crippen LogP contribution in [0.5, 0.6) is 0 Å². The molecule has 1 saturated carbocycles. The molecule has 1 aliphatic carbocycles. The van der Waals surface area contributed by atoms with Crippen molar-refractivity contribution in [1.29, 1.82) is 0 Å². The van der Waals surface area contributed by atoms with Crippen molar-refractivity contribution in [2.75, 3.05) is 0 Å². The highest BCUT2D eigenvalue weighted by molar-refractivity contribution is 5.87. The second-order valence-corrected chi connectivity index (χ2v) is 8.80. The lowest BCUT2D eigenvalue weighted by atomic mass is 9.95. The maximum absolute atomic E-state index is 14.3. The van der Waals surface area contributed by atoms with Gasteiger partial charge in [-0.15, -0.1) is 0 Å². The van der Waals surface area contributed by atoms with Crippen LogP contribution >= 0.6 is 0 Å². The summed E-state index contributed by atoms with van der Waals surface area (Å²) in [6.45, 7) is 3.94. The number of nitrogens with zero attached hydrogens (tertiary/aromatic N) is 1. The van der Waals surface area contributed by atoms with Crippen LogP contribution in [0.3, 0.4) is 0 Å². The molecule has 0 aliphatic heterocycles. The van der Waals surface area contributed by atoms with E-state index in [-0.39, 0.29) is 36.6 Å². The number of aryl methyl sites for hydroxylation is 2. The third-order valence-corrected chi connectivity index (χ3v) is 6.48. The number of halogens is 1. The first kappa shape index (κ1) is 24.0. The van der Waals surface area contributed by atoms with Crippen LogP contribution in [-0.4, -0.2) is 28.8 Å². The second-order valence-electron chi connectivity index (χ2n) is 8.80. The minimum absolute atomic E-state index is 0.0829. The van der Waals surface area contributed by atoms with Crippen molar-refractivity contribution < 1.29 is 14.0 Å². The Hall–Kier alpha value is -2.69. The first-order valence-corrected chi connectivity index (χ1v) is 11.9. The molecule has 2 aromatic carbocycles. The van der Waals surface area contributed by atoms with Gasteiger partial charge in [-0.1, -0.05) is 68.7 Å². The fourth-order valence-electron chi connectivity index (χ4n) is 4.30. The third kappa shape index (κ3) is 6.65. The highest BCUT2D eigenvalue weighted by Gasteiger charge is 2.28. The topological polar surface area (TPSA) is 49.4 Å². The molecule has 4 nitrogen and oxygen atoms in total. The fraction of sp³-hybridized carbons (Fsp3) is 0.481. The zero-order valence-electron chi connectivity index (χ0n) is 19.3. The summed E-state index contributed by atoms with van der Waals surface area (Å²) in [7, 11) is 0. The molecule has 1 atom stereocenters. The summed E-state index contributed by atoms with van der Waals surface area (Å²) >= 11 is 0. The number of hydrogen-bond acceptors (Lipinski definition) is 2. The molecule has 172 valence electrons. The van der Waals surface area contributed by atoms with E-state index in [9.17, 15) is 14.0 Å². The summed E-state index contributed by atoms with van der Waals surface area (Å²) in [6.07, 6.45) is 7.25. The molecule has 0 spiro atoms. The van der Waals surface area contributed by atoms with Gasteiger partial charge in [0.1, 0.15) is 11.9 Å². The van der Waals surface area contributed by atoms with Crippen LogP contribution in [-0.2, 0) is 29.0 Å². The molecule has 2 amide bonds. The summed E-state index contributed by atoms with van der Waals surface area (Å²) in [5.74, 6) is -0.659. The lowest BCUT2D eigenvalue weighted by Crippen LogP contribution is -2.50. The van der Waals surface area contributed by atoms with E-state index in [0.29, 0.717) is 12.0 Å². The summed E-state index contributed by atoms with van der Waals surface area (Å²) in [4.78, 5) is 27.7. The average molecular weight is 439 g/mol. The van der Waals surface area contributed by atoms with Crippen LogP contribution in [0.1, 0.15) is 69.1 Å². The van der Waals surface area contributed by atoms with E-state index in [2.05, 4.69) is 24.4 Å².